The van der Waals surface area contributed by atoms with Gasteiger partial charge in [0.25, 0.3) is 0 Å². The van der Waals surface area contributed by atoms with E-state index in [0.29, 0.717) is 17.0 Å². The fraction of sp³-hybridized carbons (Fsp3) is 0.588. The first-order valence-corrected chi connectivity index (χ1v) is 8.37. The molecule has 2 nitrogen and oxygen atoms in total. The number of carbonyl (C=O) groups excluding carboxylic acids is 1. The van der Waals surface area contributed by atoms with Gasteiger partial charge in [-0.15, -0.1) is 0 Å². The Bertz CT molecular complexity index is 514. The van der Waals surface area contributed by atoms with E-state index in [1.807, 2.05) is 6.92 Å². The summed E-state index contributed by atoms with van der Waals surface area (Å²) in [6, 6.07) is 4.47. The molecule has 116 valence electrons. The number of hydrogen-bond acceptors (Lipinski definition) is 2. The van der Waals surface area contributed by atoms with Gasteiger partial charge in [0.1, 0.15) is 11.4 Å². The first-order chi connectivity index (χ1) is 9.97. The van der Waals surface area contributed by atoms with Gasteiger partial charge in [-0.25, -0.2) is 4.39 Å². The van der Waals surface area contributed by atoms with E-state index in [4.69, 9.17) is 4.74 Å². The summed E-state index contributed by atoms with van der Waals surface area (Å²) in [7, 11) is 0. The van der Waals surface area contributed by atoms with Crippen LogP contribution in [0.15, 0.2) is 22.7 Å². The molecule has 1 aliphatic rings. The highest BCUT2D eigenvalue weighted by molar-refractivity contribution is 9.10. The van der Waals surface area contributed by atoms with E-state index < -0.39 is 5.60 Å². The van der Waals surface area contributed by atoms with Crippen LogP contribution in [0, 0.1) is 11.7 Å². The maximum atomic E-state index is 13.1. The number of benzene rings is 1. The summed E-state index contributed by atoms with van der Waals surface area (Å²) >= 11 is 3.34. The van der Waals surface area contributed by atoms with Gasteiger partial charge in [-0.2, -0.15) is 0 Å². The van der Waals surface area contributed by atoms with Crippen molar-refractivity contribution in [2.24, 2.45) is 5.92 Å². The molecular formula is C17H22BrFO2. The molecule has 0 radical (unpaired) electrons. The first kappa shape index (κ1) is 16.6. The Hall–Kier alpha value is -0.740. The fourth-order valence-corrected chi connectivity index (χ4v) is 3.73. The molecule has 1 aromatic rings. The number of carbonyl (C=O) groups is 1. The minimum atomic E-state index is -0.653. The molecular weight excluding hydrogens is 335 g/mol. The van der Waals surface area contributed by atoms with Crippen molar-refractivity contribution in [3.05, 3.63) is 34.1 Å². The molecule has 0 amide bonds. The normalized spacial score (nSPS) is 25.8. The third-order valence-electron chi connectivity index (χ3n) is 4.25. The van der Waals surface area contributed by atoms with Gasteiger partial charge in [0.2, 0.25) is 0 Å². The number of rotatable bonds is 5. The van der Waals surface area contributed by atoms with Crippen molar-refractivity contribution in [3.8, 4) is 0 Å². The standard InChI is InChI=1S/C17H22BrFO2/c1-3-21-17(8-4-5-12(2)11-17)16(20)9-13-6-7-14(19)10-15(13)18/h6-7,10,12H,3-5,8-9,11H2,1-2H3. The highest BCUT2D eigenvalue weighted by atomic mass is 79.9. The number of ether oxygens (including phenoxy) is 1. The number of hydrogen-bond donors (Lipinski definition) is 0. The molecule has 1 aromatic carbocycles. The average Bonchev–Trinajstić information content (AvgIpc) is 2.42. The van der Waals surface area contributed by atoms with Crippen molar-refractivity contribution in [3.63, 3.8) is 0 Å². The van der Waals surface area contributed by atoms with Crippen molar-refractivity contribution >= 4 is 21.7 Å². The van der Waals surface area contributed by atoms with Crippen LogP contribution in [0.1, 0.15) is 45.1 Å². The second-order valence-corrected chi connectivity index (χ2v) is 6.82. The quantitative estimate of drug-likeness (QED) is 0.765. The molecule has 1 saturated carbocycles. The zero-order valence-electron chi connectivity index (χ0n) is 12.6. The van der Waals surface area contributed by atoms with E-state index in [1.54, 1.807) is 6.07 Å². The molecule has 0 heterocycles. The summed E-state index contributed by atoms with van der Waals surface area (Å²) in [4.78, 5) is 12.8. The van der Waals surface area contributed by atoms with Crippen LogP contribution in [0.25, 0.3) is 0 Å². The molecule has 2 unspecified atom stereocenters. The van der Waals surface area contributed by atoms with Crippen LogP contribution in [-0.2, 0) is 16.0 Å². The molecule has 0 aliphatic heterocycles. The van der Waals surface area contributed by atoms with Crippen LogP contribution < -0.4 is 0 Å². The van der Waals surface area contributed by atoms with Gasteiger partial charge in [-0.1, -0.05) is 35.3 Å². The Morgan fingerprint density at radius 1 is 1.52 bits per heavy atom. The largest absolute Gasteiger partial charge is 0.367 e. The maximum Gasteiger partial charge on any atom is 0.169 e. The maximum absolute atomic E-state index is 13.1. The number of Topliss-reactive ketones (excluding diaryl/α,β-unsaturated/α-hetero) is 1. The third kappa shape index (κ3) is 3.92. The lowest BCUT2D eigenvalue weighted by molar-refractivity contribution is -0.150. The molecule has 21 heavy (non-hydrogen) atoms. The molecule has 0 spiro atoms. The Balaban J connectivity index is 2.18. The van der Waals surface area contributed by atoms with Gasteiger partial charge in [0, 0.05) is 17.5 Å². The zero-order valence-corrected chi connectivity index (χ0v) is 14.2. The third-order valence-corrected chi connectivity index (χ3v) is 4.99. The lowest BCUT2D eigenvalue weighted by Crippen LogP contribution is -2.46. The topological polar surface area (TPSA) is 26.3 Å². The van der Waals surface area contributed by atoms with Gasteiger partial charge in [-0.05, 0) is 49.8 Å². The molecule has 4 heteroatoms. The smallest absolute Gasteiger partial charge is 0.169 e. The molecule has 2 rings (SSSR count). The van der Waals surface area contributed by atoms with Gasteiger partial charge in [0.15, 0.2) is 5.78 Å². The van der Waals surface area contributed by atoms with Crippen LogP contribution in [0.3, 0.4) is 0 Å². The highest BCUT2D eigenvalue weighted by Crippen LogP contribution is 2.37. The van der Waals surface area contributed by atoms with Crippen molar-refractivity contribution in [2.45, 2.75) is 51.6 Å². The first-order valence-electron chi connectivity index (χ1n) is 7.58. The van der Waals surface area contributed by atoms with Crippen LogP contribution in [0.4, 0.5) is 4.39 Å². The van der Waals surface area contributed by atoms with Crippen LogP contribution in [0.2, 0.25) is 0 Å². The Morgan fingerprint density at radius 3 is 2.90 bits per heavy atom. The molecule has 2 atom stereocenters. The SMILES string of the molecule is CCOC1(C(=O)Cc2ccc(F)cc2Br)CCCC(C)C1. The number of halogens is 2. The molecule has 0 saturated heterocycles. The van der Waals surface area contributed by atoms with Gasteiger partial charge in [-0.3, -0.25) is 4.79 Å². The number of ketones is 1. The average molecular weight is 357 g/mol. The Morgan fingerprint density at radius 2 is 2.29 bits per heavy atom. The predicted octanol–water partition coefficient (Wildman–Crippen LogP) is 4.69. The summed E-state index contributed by atoms with van der Waals surface area (Å²) in [5, 5.41) is 0. The van der Waals surface area contributed by atoms with Crippen molar-refractivity contribution in [1.82, 2.24) is 0 Å². The molecule has 0 aromatic heterocycles. The summed E-state index contributed by atoms with van der Waals surface area (Å²) in [5.74, 6) is 0.318. The van der Waals surface area contributed by atoms with E-state index in [-0.39, 0.29) is 18.0 Å². The second-order valence-electron chi connectivity index (χ2n) is 5.96. The van der Waals surface area contributed by atoms with Crippen LogP contribution in [0.5, 0.6) is 0 Å². The van der Waals surface area contributed by atoms with E-state index in [9.17, 15) is 9.18 Å². The van der Waals surface area contributed by atoms with Crippen molar-refractivity contribution in [2.75, 3.05) is 6.61 Å². The summed E-state index contributed by atoms with van der Waals surface area (Å²) in [6.45, 7) is 4.65. The van der Waals surface area contributed by atoms with E-state index in [1.165, 1.54) is 12.1 Å². The van der Waals surface area contributed by atoms with Gasteiger partial charge >= 0.3 is 0 Å². The Kier molecular flexibility index (Phi) is 5.55. The van der Waals surface area contributed by atoms with Crippen molar-refractivity contribution in [1.29, 1.82) is 0 Å². The zero-order chi connectivity index (χ0) is 15.5. The summed E-state index contributed by atoms with van der Waals surface area (Å²) < 4.78 is 19.7. The second kappa shape index (κ2) is 7.01. The molecule has 0 bridgehead atoms. The molecule has 0 N–H and O–H groups in total. The fourth-order valence-electron chi connectivity index (χ4n) is 3.24. The van der Waals surface area contributed by atoms with Gasteiger partial charge in [0.05, 0.1) is 0 Å². The Labute approximate surface area is 134 Å². The summed E-state index contributed by atoms with van der Waals surface area (Å²) in [5.41, 5.74) is 0.166. The van der Waals surface area contributed by atoms with Gasteiger partial charge < -0.3 is 4.74 Å². The lowest BCUT2D eigenvalue weighted by Gasteiger charge is -2.38. The summed E-state index contributed by atoms with van der Waals surface area (Å²) in [6.07, 6.45) is 4.05. The minimum Gasteiger partial charge on any atom is -0.367 e. The van der Waals surface area contributed by atoms with Crippen LogP contribution >= 0.6 is 15.9 Å². The van der Waals surface area contributed by atoms with E-state index >= 15 is 0 Å². The van der Waals surface area contributed by atoms with Crippen molar-refractivity contribution < 1.29 is 13.9 Å². The predicted molar refractivity (Wildman–Crippen MR) is 84.8 cm³/mol. The monoisotopic (exact) mass is 356 g/mol. The molecule has 1 fully saturated rings. The highest BCUT2D eigenvalue weighted by Gasteiger charge is 2.42. The lowest BCUT2D eigenvalue weighted by atomic mass is 9.75. The van der Waals surface area contributed by atoms with Crippen LogP contribution in [-0.4, -0.2) is 18.0 Å². The van der Waals surface area contributed by atoms with E-state index in [0.717, 1.165) is 31.2 Å². The molecule has 1 aliphatic carbocycles. The minimum absolute atomic E-state index is 0.114. The van der Waals surface area contributed by atoms with E-state index in [2.05, 4.69) is 22.9 Å².